The molecule has 2 heterocycles. The van der Waals surface area contributed by atoms with Gasteiger partial charge in [0.15, 0.2) is 0 Å². The molecule has 0 aromatic carbocycles. The lowest BCUT2D eigenvalue weighted by Crippen LogP contribution is -2.11. The van der Waals surface area contributed by atoms with Gasteiger partial charge in [-0.3, -0.25) is 0 Å². The van der Waals surface area contributed by atoms with Crippen molar-refractivity contribution >= 4 is 0 Å². The number of pyridine rings is 1. The number of hydrogen-bond donors (Lipinski definition) is 1. The van der Waals surface area contributed by atoms with Crippen LogP contribution in [0.3, 0.4) is 0 Å². The Bertz CT molecular complexity index is 545. The fourth-order valence-electron chi connectivity index (χ4n) is 2.53. The third-order valence-electron chi connectivity index (χ3n) is 3.43. The van der Waals surface area contributed by atoms with Crippen LogP contribution >= 0.6 is 0 Å². The van der Waals surface area contributed by atoms with Crippen molar-refractivity contribution in [2.75, 3.05) is 0 Å². The van der Waals surface area contributed by atoms with Gasteiger partial charge in [0.05, 0.1) is 6.10 Å². The summed E-state index contributed by atoms with van der Waals surface area (Å²) in [6, 6.07) is 6.08. The summed E-state index contributed by atoms with van der Waals surface area (Å²) in [7, 11) is 0. The number of aromatic nitrogens is 2. The molecule has 0 aliphatic heterocycles. The van der Waals surface area contributed by atoms with Gasteiger partial charge in [-0.2, -0.15) is 0 Å². The number of aliphatic hydroxyl groups is 1. The molecule has 0 bridgehead atoms. The lowest BCUT2D eigenvalue weighted by atomic mass is 9.95. The Morgan fingerprint density at radius 3 is 3.12 bits per heavy atom. The first kappa shape index (κ1) is 10.5. The van der Waals surface area contributed by atoms with Crippen LogP contribution < -0.4 is 0 Å². The van der Waals surface area contributed by atoms with Crippen LogP contribution in [-0.4, -0.2) is 14.7 Å². The largest absolute Gasteiger partial charge is 0.388 e. The molecular weight excluding hydrogens is 212 g/mol. The van der Waals surface area contributed by atoms with Crippen molar-refractivity contribution in [3.8, 4) is 5.82 Å². The van der Waals surface area contributed by atoms with Gasteiger partial charge < -0.3 is 9.67 Å². The van der Waals surface area contributed by atoms with E-state index in [1.165, 1.54) is 11.3 Å². The summed E-state index contributed by atoms with van der Waals surface area (Å²) in [5, 5.41) is 9.94. The van der Waals surface area contributed by atoms with Gasteiger partial charge >= 0.3 is 0 Å². The topological polar surface area (TPSA) is 38.0 Å². The molecule has 3 nitrogen and oxygen atoms in total. The third-order valence-corrected chi connectivity index (χ3v) is 3.43. The predicted octanol–water partition coefficient (Wildman–Crippen LogP) is 2.55. The Labute approximate surface area is 101 Å². The average molecular weight is 228 g/mol. The van der Waals surface area contributed by atoms with Crippen LogP contribution in [0.4, 0.5) is 0 Å². The molecule has 3 rings (SSSR count). The second-order valence-electron chi connectivity index (χ2n) is 4.69. The minimum atomic E-state index is -0.301. The lowest BCUT2D eigenvalue weighted by molar-refractivity contribution is 0.156. The molecule has 1 unspecified atom stereocenters. The second kappa shape index (κ2) is 4.00. The predicted molar refractivity (Wildman–Crippen MR) is 66.2 cm³/mol. The molecule has 0 amide bonds. The third kappa shape index (κ3) is 1.76. The van der Waals surface area contributed by atoms with Gasteiger partial charge in [0.25, 0.3) is 0 Å². The van der Waals surface area contributed by atoms with E-state index in [2.05, 4.69) is 22.5 Å². The second-order valence-corrected chi connectivity index (χ2v) is 4.69. The maximum atomic E-state index is 9.94. The summed E-state index contributed by atoms with van der Waals surface area (Å²) in [6.45, 7) is 2.07. The molecule has 17 heavy (non-hydrogen) atoms. The summed E-state index contributed by atoms with van der Waals surface area (Å²) in [4.78, 5) is 4.40. The fraction of sp³-hybridized carbons (Fsp3) is 0.357. The molecular formula is C14H16N2O. The Hall–Kier alpha value is -1.61. The molecule has 1 aliphatic rings. The van der Waals surface area contributed by atoms with Gasteiger partial charge in [0, 0.05) is 23.7 Å². The van der Waals surface area contributed by atoms with Crippen molar-refractivity contribution in [1.82, 2.24) is 9.55 Å². The first-order chi connectivity index (χ1) is 8.25. The molecule has 88 valence electrons. The van der Waals surface area contributed by atoms with Crippen LogP contribution in [0.5, 0.6) is 0 Å². The van der Waals surface area contributed by atoms with Crippen LogP contribution in [0.1, 0.15) is 35.8 Å². The Morgan fingerprint density at radius 1 is 1.41 bits per heavy atom. The molecule has 2 aromatic heterocycles. The van der Waals surface area contributed by atoms with E-state index in [1.54, 1.807) is 0 Å². The molecule has 0 saturated carbocycles. The zero-order valence-corrected chi connectivity index (χ0v) is 9.93. The van der Waals surface area contributed by atoms with E-state index in [0.29, 0.717) is 0 Å². The Morgan fingerprint density at radius 2 is 2.29 bits per heavy atom. The molecule has 0 radical (unpaired) electrons. The smallest absolute Gasteiger partial charge is 0.137 e. The van der Waals surface area contributed by atoms with E-state index in [0.717, 1.165) is 30.6 Å². The maximum absolute atomic E-state index is 9.94. The van der Waals surface area contributed by atoms with Crippen LogP contribution in [0.25, 0.3) is 5.82 Å². The molecule has 1 aliphatic carbocycles. The van der Waals surface area contributed by atoms with Crippen molar-refractivity contribution in [3.63, 3.8) is 0 Å². The van der Waals surface area contributed by atoms with Crippen LogP contribution in [-0.2, 0) is 6.42 Å². The van der Waals surface area contributed by atoms with Gasteiger partial charge in [-0.25, -0.2) is 4.98 Å². The van der Waals surface area contributed by atoms with E-state index < -0.39 is 0 Å². The quantitative estimate of drug-likeness (QED) is 0.814. The molecule has 1 N–H and O–H groups in total. The number of fused-ring (bicyclic) bond motifs is 1. The monoisotopic (exact) mass is 228 g/mol. The lowest BCUT2D eigenvalue weighted by Gasteiger charge is -2.19. The van der Waals surface area contributed by atoms with Crippen LogP contribution in [0.15, 0.2) is 30.6 Å². The van der Waals surface area contributed by atoms with Crippen LogP contribution in [0, 0.1) is 6.92 Å². The fourth-order valence-corrected chi connectivity index (χ4v) is 2.53. The Kier molecular flexibility index (Phi) is 2.48. The average Bonchev–Trinajstić information content (AvgIpc) is 2.74. The number of rotatable bonds is 1. The van der Waals surface area contributed by atoms with Gasteiger partial charge in [-0.15, -0.1) is 0 Å². The summed E-state index contributed by atoms with van der Waals surface area (Å²) < 4.78 is 2.10. The van der Waals surface area contributed by atoms with E-state index in [4.69, 9.17) is 0 Å². The highest BCUT2D eigenvalue weighted by molar-refractivity contribution is 5.37. The van der Waals surface area contributed by atoms with E-state index in [1.807, 2.05) is 24.5 Å². The molecule has 2 aromatic rings. The normalized spacial score (nSPS) is 19.1. The summed E-state index contributed by atoms with van der Waals surface area (Å²) in [5.41, 5.74) is 3.48. The molecule has 0 fully saturated rings. The van der Waals surface area contributed by atoms with Crippen molar-refractivity contribution in [2.24, 2.45) is 0 Å². The van der Waals surface area contributed by atoms with Gasteiger partial charge in [0.1, 0.15) is 5.82 Å². The zero-order chi connectivity index (χ0) is 11.8. The maximum Gasteiger partial charge on any atom is 0.137 e. The van der Waals surface area contributed by atoms with Gasteiger partial charge in [0.2, 0.25) is 0 Å². The Balaban J connectivity index is 2.10. The number of hydrogen-bond acceptors (Lipinski definition) is 2. The van der Waals surface area contributed by atoms with E-state index >= 15 is 0 Å². The van der Waals surface area contributed by atoms with Crippen molar-refractivity contribution in [3.05, 3.63) is 47.4 Å². The SMILES string of the molecule is Cc1ccnc(-n2ccc3c2CCCC3O)c1. The van der Waals surface area contributed by atoms with Gasteiger partial charge in [-0.05, 0) is 49.9 Å². The highest BCUT2D eigenvalue weighted by Crippen LogP contribution is 2.31. The molecule has 3 heteroatoms. The van der Waals surface area contributed by atoms with Crippen molar-refractivity contribution < 1.29 is 5.11 Å². The number of aryl methyl sites for hydroxylation is 1. The summed E-state index contributed by atoms with van der Waals surface area (Å²) in [5.74, 6) is 0.945. The molecule has 0 saturated heterocycles. The van der Waals surface area contributed by atoms with Crippen molar-refractivity contribution in [2.45, 2.75) is 32.3 Å². The minimum Gasteiger partial charge on any atom is -0.388 e. The number of nitrogens with zero attached hydrogens (tertiary/aromatic N) is 2. The van der Waals surface area contributed by atoms with Crippen molar-refractivity contribution in [1.29, 1.82) is 0 Å². The number of aliphatic hydroxyl groups excluding tert-OH is 1. The summed E-state index contributed by atoms with van der Waals surface area (Å²) >= 11 is 0. The summed E-state index contributed by atoms with van der Waals surface area (Å²) in [6.07, 6.45) is 6.49. The van der Waals surface area contributed by atoms with E-state index in [-0.39, 0.29) is 6.10 Å². The molecule has 0 spiro atoms. The highest BCUT2D eigenvalue weighted by Gasteiger charge is 2.21. The first-order valence-electron chi connectivity index (χ1n) is 6.07. The minimum absolute atomic E-state index is 0.301. The standard InChI is InChI=1S/C14H16N2O/c1-10-5-7-15-14(9-10)16-8-6-11-12(16)3-2-4-13(11)17/h5-9,13,17H,2-4H2,1H3. The zero-order valence-electron chi connectivity index (χ0n) is 9.93. The van der Waals surface area contributed by atoms with Gasteiger partial charge in [-0.1, -0.05) is 0 Å². The first-order valence-corrected chi connectivity index (χ1v) is 6.07. The highest BCUT2D eigenvalue weighted by atomic mass is 16.3. The van der Waals surface area contributed by atoms with E-state index in [9.17, 15) is 5.11 Å². The molecule has 1 atom stereocenters. The van der Waals surface area contributed by atoms with Crippen LogP contribution in [0.2, 0.25) is 0 Å².